The Morgan fingerprint density at radius 3 is 2.19 bits per heavy atom. The summed E-state index contributed by atoms with van der Waals surface area (Å²) in [4.78, 5) is 4.48. The lowest BCUT2D eigenvalue weighted by molar-refractivity contribution is 0.189. The predicted molar refractivity (Wildman–Crippen MR) is 69.8 cm³/mol. The van der Waals surface area contributed by atoms with Gasteiger partial charge < -0.3 is 20.2 Å². The van der Waals surface area contributed by atoms with E-state index in [1.54, 1.807) is 0 Å². The second kappa shape index (κ2) is 8.93. The van der Waals surface area contributed by atoms with Crippen molar-refractivity contribution in [1.29, 1.82) is 0 Å². The van der Waals surface area contributed by atoms with Crippen molar-refractivity contribution in [2.24, 2.45) is 0 Å². The number of aliphatic hydroxyl groups is 1. The highest BCUT2D eigenvalue weighted by molar-refractivity contribution is 4.71. The minimum absolute atomic E-state index is 0.185. The van der Waals surface area contributed by atoms with Crippen molar-refractivity contribution in [3.8, 4) is 0 Å². The number of hydrogen-bond donors (Lipinski definition) is 2. The topological polar surface area (TPSA) is 38.7 Å². The van der Waals surface area contributed by atoms with Gasteiger partial charge in [-0.15, -0.1) is 0 Å². The third-order valence-corrected chi connectivity index (χ3v) is 2.47. The molecule has 98 valence electrons. The van der Waals surface area contributed by atoms with Crippen molar-refractivity contribution in [3.05, 3.63) is 0 Å². The normalized spacial score (nSPS) is 14.1. The summed E-state index contributed by atoms with van der Waals surface area (Å²) < 4.78 is 0. The molecule has 16 heavy (non-hydrogen) atoms. The highest BCUT2D eigenvalue weighted by atomic mass is 16.3. The third-order valence-electron chi connectivity index (χ3n) is 2.47. The summed E-state index contributed by atoms with van der Waals surface area (Å²) in [6, 6.07) is 0.608. The van der Waals surface area contributed by atoms with Crippen LogP contribution in [0.25, 0.3) is 0 Å². The van der Waals surface area contributed by atoms with Crippen molar-refractivity contribution in [2.45, 2.75) is 32.4 Å². The van der Waals surface area contributed by atoms with Crippen LogP contribution in [0.15, 0.2) is 0 Å². The molecule has 0 aromatic rings. The number of nitrogens with zero attached hydrogens (tertiary/aromatic N) is 2. The maximum absolute atomic E-state index is 9.24. The molecule has 0 bridgehead atoms. The Morgan fingerprint density at radius 2 is 1.75 bits per heavy atom. The van der Waals surface area contributed by atoms with E-state index in [2.05, 4.69) is 50.1 Å². The maximum atomic E-state index is 9.24. The van der Waals surface area contributed by atoms with Crippen molar-refractivity contribution >= 4 is 0 Å². The van der Waals surface area contributed by atoms with Gasteiger partial charge in [-0.05, 0) is 40.7 Å². The van der Waals surface area contributed by atoms with Crippen LogP contribution in [0.4, 0.5) is 0 Å². The summed E-state index contributed by atoms with van der Waals surface area (Å²) in [5.74, 6) is 0. The summed E-state index contributed by atoms with van der Waals surface area (Å²) >= 11 is 0. The number of rotatable bonds is 9. The summed E-state index contributed by atoms with van der Waals surface area (Å²) in [5, 5.41) is 12.6. The van der Waals surface area contributed by atoms with E-state index in [1.165, 1.54) is 6.42 Å². The molecule has 0 spiro atoms. The molecule has 0 aromatic carbocycles. The van der Waals surface area contributed by atoms with Crippen LogP contribution in [0.2, 0.25) is 0 Å². The van der Waals surface area contributed by atoms with Crippen LogP contribution in [0.5, 0.6) is 0 Å². The van der Waals surface area contributed by atoms with Gasteiger partial charge in [-0.25, -0.2) is 0 Å². The molecule has 0 heterocycles. The lowest BCUT2D eigenvalue weighted by Crippen LogP contribution is -2.45. The van der Waals surface area contributed by atoms with Crippen molar-refractivity contribution in [3.63, 3.8) is 0 Å². The minimum Gasteiger partial charge on any atom is -0.395 e. The molecule has 4 heteroatoms. The molecular weight excluding hydrogens is 202 g/mol. The zero-order valence-corrected chi connectivity index (χ0v) is 11.5. The summed E-state index contributed by atoms with van der Waals surface area (Å²) in [5.41, 5.74) is 0. The Balaban J connectivity index is 3.69. The molecular formula is C12H29N3O. The fraction of sp³-hybridized carbons (Fsp3) is 1.00. The largest absolute Gasteiger partial charge is 0.395 e. The molecule has 0 fully saturated rings. The van der Waals surface area contributed by atoms with Gasteiger partial charge in [0.2, 0.25) is 0 Å². The molecule has 0 saturated heterocycles. The first-order chi connectivity index (χ1) is 7.45. The molecule has 1 unspecified atom stereocenters. The molecule has 0 saturated carbocycles. The van der Waals surface area contributed by atoms with Crippen LogP contribution in [-0.4, -0.2) is 74.4 Å². The quantitative estimate of drug-likeness (QED) is 0.596. The van der Waals surface area contributed by atoms with E-state index in [-0.39, 0.29) is 12.6 Å². The van der Waals surface area contributed by atoms with Gasteiger partial charge in [0, 0.05) is 18.6 Å². The fourth-order valence-electron chi connectivity index (χ4n) is 1.76. The van der Waals surface area contributed by atoms with Gasteiger partial charge in [0.15, 0.2) is 0 Å². The smallest absolute Gasteiger partial charge is 0.0597 e. The van der Waals surface area contributed by atoms with E-state index in [1.807, 2.05) is 0 Å². The van der Waals surface area contributed by atoms with E-state index in [0.717, 1.165) is 19.6 Å². The molecule has 0 aromatic heterocycles. The Kier molecular flexibility index (Phi) is 8.84. The minimum atomic E-state index is 0.185. The monoisotopic (exact) mass is 231 g/mol. The van der Waals surface area contributed by atoms with Crippen LogP contribution < -0.4 is 5.32 Å². The average molecular weight is 231 g/mol. The van der Waals surface area contributed by atoms with Crippen LogP contribution in [0.3, 0.4) is 0 Å². The lowest BCUT2D eigenvalue weighted by Gasteiger charge is -2.25. The SMILES string of the molecule is CC(C)NC(CO)CN(C)CCCN(C)C. The zero-order valence-electron chi connectivity index (χ0n) is 11.5. The number of likely N-dealkylation sites (N-methyl/N-ethyl adjacent to an activating group) is 1. The first-order valence-corrected chi connectivity index (χ1v) is 6.16. The van der Waals surface area contributed by atoms with Crippen LogP contribution >= 0.6 is 0 Å². The van der Waals surface area contributed by atoms with Gasteiger partial charge >= 0.3 is 0 Å². The predicted octanol–water partition coefficient (Wildman–Crippen LogP) is 0.229. The van der Waals surface area contributed by atoms with Crippen molar-refractivity contribution < 1.29 is 5.11 Å². The van der Waals surface area contributed by atoms with Crippen LogP contribution in [0, 0.1) is 0 Å². The number of hydrogen-bond acceptors (Lipinski definition) is 4. The van der Waals surface area contributed by atoms with E-state index in [4.69, 9.17) is 0 Å². The number of aliphatic hydroxyl groups excluding tert-OH is 1. The molecule has 0 aliphatic carbocycles. The summed E-state index contributed by atoms with van der Waals surface area (Å²) in [6.45, 7) is 7.52. The second-order valence-electron chi connectivity index (χ2n) is 5.12. The van der Waals surface area contributed by atoms with E-state index in [0.29, 0.717) is 6.04 Å². The zero-order chi connectivity index (χ0) is 12.6. The summed E-state index contributed by atoms with van der Waals surface area (Å²) in [7, 11) is 6.30. The Hall–Kier alpha value is -0.160. The number of nitrogens with one attached hydrogen (secondary N) is 1. The van der Waals surface area contributed by atoms with Crippen LogP contribution in [-0.2, 0) is 0 Å². The highest BCUT2D eigenvalue weighted by Gasteiger charge is 2.11. The second-order valence-corrected chi connectivity index (χ2v) is 5.12. The Labute approximate surface area is 101 Å². The van der Waals surface area contributed by atoms with Gasteiger partial charge in [-0.2, -0.15) is 0 Å². The van der Waals surface area contributed by atoms with Crippen molar-refractivity contribution in [1.82, 2.24) is 15.1 Å². The van der Waals surface area contributed by atoms with E-state index in [9.17, 15) is 5.11 Å². The molecule has 0 aliphatic rings. The molecule has 0 aliphatic heterocycles. The lowest BCUT2D eigenvalue weighted by atomic mass is 10.2. The molecule has 2 N–H and O–H groups in total. The van der Waals surface area contributed by atoms with Gasteiger partial charge in [0.1, 0.15) is 0 Å². The molecule has 1 atom stereocenters. The molecule has 0 amide bonds. The third kappa shape index (κ3) is 9.09. The van der Waals surface area contributed by atoms with Crippen LogP contribution in [0.1, 0.15) is 20.3 Å². The first-order valence-electron chi connectivity index (χ1n) is 6.16. The van der Waals surface area contributed by atoms with Gasteiger partial charge in [0.25, 0.3) is 0 Å². The molecule has 0 radical (unpaired) electrons. The Bertz CT molecular complexity index is 162. The van der Waals surface area contributed by atoms with Gasteiger partial charge in [0.05, 0.1) is 6.61 Å². The van der Waals surface area contributed by atoms with E-state index >= 15 is 0 Å². The molecule has 0 rings (SSSR count). The van der Waals surface area contributed by atoms with Gasteiger partial charge in [-0.3, -0.25) is 0 Å². The maximum Gasteiger partial charge on any atom is 0.0597 e. The first kappa shape index (κ1) is 15.8. The van der Waals surface area contributed by atoms with Gasteiger partial charge in [-0.1, -0.05) is 13.8 Å². The van der Waals surface area contributed by atoms with E-state index < -0.39 is 0 Å². The Morgan fingerprint density at radius 1 is 1.12 bits per heavy atom. The molecule has 4 nitrogen and oxygen atoms in total. The fourth-order valence-corrected chi connectivity index (χ4v) is 1.76. The standard InChI is InChI=1S/C12H29N3O/c1-11(2)13-12(10-16)9-15(5)8-6-7-14(3)4/h11-13,16H,6-10H2,1-5H3. The highest BCUT2D eigenvalue weighted by Crippen LogP contribution is 1.94. The average Bonchev–Trinajstić information content (AvgIpc) is 2.15. The summed E-state index contributed by atoms with van der Waals surface area (Å²) in [6.07, 6.45) is 1.17. The van der Waals surface area contributed by atoms with Crippen molar-refractivity contribution in [2.75, 3.05) is 47.4 Å².